The molecule has 0 aromatic heterocycles. The molecule has 1 heterocycles. The molecule has 0 bridgehead atoms. The second kappa shape index (κ2) is 12.9. The lowest BCUT2D eigenvalue weighted by Gasteiger charge is -2.42. The molecule has 0 amide bonds. The minimum atomic E-state index is -1.61. The molecule has 5 atom stereocenters. The minimum Gasteiger partial charge on any atom is -0.497 e. The average molecular weight is 537 g/mol. The van der Waals surface area contributed by atoms with E-state index in [1.54, 1.807) is 84.9 Å². The highest BCUT2D eigenvalue weighted by Crippen LogP contribution is 2.30. The Morgan fingerprint density at radius 2 is 1.28 bits per heavy atom. The third kappa shape index (κ3) is 7.13. The zero-order valence-electron chi connectivity index (χ0n) is 21.3. The summed E-state index contributed by atoms with van der Waals surface area (Å²) in [5.74, 6) is -1.21. The summed E-state index contributed by atoms with van der Waals surface area (Å²) in [5, 5.41) is 11.4. The van der Waals surface area contributed by atoms with E-state index in [4.69, 9.17) is 28.4 Å². The van der Waals surface area contributed by atoms with Crippen molar-refractivity contribution in [2.45, 2.75) is 37.6 Å². The maximum absolute atomic E-state index is 12.9. The Balaban J connectivity index is 1.63. The van der Waals surface area contributed by atoms with Crippen LogP contribution in [0.2, 0.25) is 0 Å². The lowest BCUT2D eigenvalue weighted by Crippen LogP contribution is -2.62. The minimum absolute atomic E-state index is 0.227. The first-order chi connectivity index (χ1) is 18.9. The molecule has 0 spiro atoms. The fourth-order valence-corrected chi connectivity index (χ4v) is 3.91. The second-order valence-corrected chi connectivity index (χ2v) is 8.60. The molecule has 204 valence electrons. The SMILES string of the molecule is COc1ccc(O[C@@H]2O[C@H](COC(C)=O)[C@H](OC(=O)c3ccccc3)[C@H](O)[C@H]2OC(=O)c2ccccc2)cc1. The summed E-state index contributed by atoms with van der Waals surface area (Å²) in [6, 6.07) is 22.8. The van der Waals surface area contributed by atoms with Gasteiger partial charge in [-0.3, -0.25) is 4.79 Å². The normalized spacial score (nSPS) is 22.3. The third-order valence-electron chi connectivity index (χ3n) is 5.88. The lowest BCUT2D eigenvalue weighted by atomic mass is 9.98. The zero-order chi connectivity index (χ0) is 27.8. The summed E-state index contributed by atoms with van der Waals surface area (Å²) in [4.78, 5) is 37.4. The van der Waals surface area contributed by atoms with Crippen LogP contribution in [0, 0.1) is 0 Å². The summed E-state index contributed by atoms with van der Waals surface area (Å²) in [6.07, 6.45) is -6.91. The van der Waals surface area contributed by atoms with Crippen LogP contribution in [0.5, 0.6) is 11.5 Å². The predicted octanol–water partition coefficient (Wildman–Crippen LogP) is 3.17. The molecular formula is C29H28O10. The van der Waals surface area contributed by atoms with Gasteiger partial charge >= 0.3 is 17.9 Å². The molecule has 10 nitrogen and oxygen atoms in total. The van der Waals surface area contributed by atoms with E-state index in [-0.39, 0.29) is 17.7 Å². The van der Waals surface area contributed by atoms with E-state index in [2.05, 4.69) is 0 Å². The van der Waals surface area contributed by atoms with E-state index in [1.807, 2.05) is 0 Å². The highest BCUT2D eigenvalue weighted by molar-refractivity contribution is 5.90. The molecule has 4 rings (SSSR count). The van der Waals surface area contributed by atoms with E-state index in [0.29, 0.717) is 11.5 Å². The van der Waals surface area contributed by atoms with Crippen LogP contribution in [-0.4, -0.2) is 67.4 Å². The molecule has 1 aliphatic rings. The van der Waals surface area contributed by atoms with Gasteiger partial charge in [0.15, 0.2) is 12.2 Å². The standard InChI is InChI=1S/C29H28O10/c1-18(30)35-17-23-25(38-27(32)19-9-5-3-6-10-19)24(31)26(39-28(33)20-11-7-4-8-12-20)29(37-23)36-22-15-13-21(34-2)14-16-22/h3-16,23-26,29,31H,17H2,1-2H3/t23-,24+,25+,26-,29-/m1/s1. The van der Waals surface area contributed by atoms with Crippen LogP contribution >= 0.6 is 0 Å². The van der Waals surface area contributed by atoms with Gasteiger partial charge in [-0.2, -0.15) is 0 Å². The first-order valence-corrected chi connectivity index (χ1v) is 12.2. The van der Waals surface area contributed by atoms with E-state index in [0.717, 1.165) is 0 Å². The van der Waals surface area contributed by atoms with Crippen molar-refractivity contribution < 1.29 is 47.9 Å². The maximum atomic E-state index is 12.9. The molecular weight excluding hydrogens is 508 g/mol. The number of rotatable bonds is 9. The molecule has 1 fully saturated rings. The first kappa shape index (κ1) is 27.6. The molecule has 1 aliphatic heterocycles. The Labute approximate surface area is 225 Å². The summed E-state index contributed by atoms with van der Waals surface area (Å²) in [5.41, 5.74) is 0.457. The van der Waals surface area contributed by atoms with E-state index in [1.165, 1.54) is 14.0 Å². The van der Waals surface area contributed by atoms with Gasteiger partial charge in [0.25, 0.3) is 0 Å². The van der Waals surface area contributed by atoms with Crippen molar-refractivity contribution >= 4 is 17.9 Å². The van der Waals surface area contributed by atoms with Crippen LogP contribution < -0.4 is 9.47 Å². The summed E-state index contributed by atoms with van der Waals surface area (Å²) in [6.45, 7) is 0.848. The number of aliphatic hydroxyl groups is 1. The van der Waals surface area contributed by atoms with E-state index >= 15 is 0 Å². The Hall–Kier alpha value is -4.41. The van der Waals surface area contributed by atoms with E-state index < -0.39 is 48.6 Å². The highest BCUT2D eigenvalue weighted by Gasteiger charge is 2.51. The molecule has 10 heteroatoms. The summed E-state index contributed by atoms with van der Waals surface area (Å²) in [7, 11) is 1.52. The molecule has 0 unspecified atom stereocenters. The number of carbonyl (C=O) groups excluding carboxylic acids is 3. The van der Waals surface area contributed by atoms with Crippen LogP contribution in [0.25, 0.3) is 0 Å². The maximum Gasteiger partial charge on any atom is 0.338 e. The van der Waals surface area contributed by atoms with Gasteiger partial charge in [-0.25, -0.2) is 9.59 Å². The van der Waals surface area contributed by atoms with Crippen LogP contribution in [0.15, 0.2) is 84.9 Å². The van der Waals surface area contributed by atoms with Gasteiger partial charge in [-0.1, -0.05) is 36.4 Å². The Kier molecular flexibility index (Phi) is 9.14. The quantitative estimate of drug-likeness (QED) is 0.322. The topological polar surface area (TPSA) is 127 Å². The first-order valence-electron chi connectivity index (χ1n) is 12.2. The molecule has 1 N–H and O–H groups in total. The van der Waals surface area contributed by atoms with Crippen LogP contribution in [0.3, 0.4) is 0 Å². The van der Waals surface area contributed by atoms with Gasteiger partial charge in [0.1, 0.15) is 30.3 Å². The number of benzene rings is 3. The summed E-state index contributed by atoms with van der Waals surface area (Å²) >= 11 is 0. The van der Waals surface area contributed by atoms with Crippen LogP contribution in [-0.2, 0) is 23.7 Å². The summed E-state index contributed by atoms with van der Waals surface area (Å²) < 4.78 is 33.5. The molecule has 39 heavy (non-hydrogen) atoms. The van der Waals surface area contributed by atoms with Crippen molar-refractivity contribution in [3.63, 3.8) is 0 Å². The fourth-order valence-electron chi connectivity index (χ4n) is 3.91. The van der Waals surface area contributed by atoms with Gasteiger partial charge in [-0.15, -0.1) is 0 Å². The number of aliphatic hydroxyl groups excluding tert-OH is 1. The Morgan fingerprint density at radius 1 is 0.769 bits per heavy atom. The Bertz CT molecular complexity index is 1250. The van der Waals surface area contributed by atoms with Crippen molar-refractivity contribution in [3.05, 3.63) is 96.1 Å². The molecule has 1 saturated heterocycles. The molecule has 0 aliphatic carbocycles. The van der Waals surface area contributed by atoms with Gasteiger partial charge < -0.3 is 33.5 Å². The largest absolute Gasteiger partial charge is 0.497 e. The molecule has 3 aromatic carbocycles. The molecule has 0 saturated carbocycles. The van der Waals surface area contributed by atoms with Crippen LogP contribution in [0.4, 0.5) is 0 Å². The average Bonchev–Trinajstić information content (AvgIpc) is 2.96. The number of ether oxygens (including phenoxy) is 6. The van der Waals surface area contributed by atoms with Gasteiger partial charge in [0, 0.05) is 6.92 Å². The van der Waals surface area contributed by atoms with Gasteiger partial charge in [0.05, 0.1) is 18.2 Å². The second-order valence-electron chi connectivity index (χ2n) is 8.60. The van der Waals surface area contributed by atoms with Gasteiger partial charge in [0.2, 0.25) is 6.29 Å². The van der Waals surface area contributed by atoms with Crippen molar-refractivity contribution in [2.75, 3.05) is 13.7 Å². The van der Waals surface area contributed by atoms with Crippen molar-refractivity contribution in [1.82, 2.24) is 0 Å². The van der Waals surface area contributed by atoms with Crippen molar-refractivity contribution in [2.24, 2.45) is 0 Å². The Morgan fingerprint density at radius 3 is 1.79 bits per heavy atom. The number of hydrogen-bond acceptors (Lipinski definition) is 10. The smallest absolute Gasteiger partial charge is 0.338 e. The fraction of sp³-hybridized carbons (Fsp3) is 0.276. The number of carbonyl (C=O) groups is 3. The third-order valence-corrected chi connectivity index (χ3v) is 5.88. The van der Waals surface area contributed by atoms with Crippen molar-refractivity contribution in [3.8, 4) is 11.5 Å². The lowest BCUT2D eigenvalue weighted by molar-refractivity contribution is -0.277. The predicted molar refractivity (Wildman–Crippen MR) is 136 cm³/mol. The molecule has 3 aromatic rings. The van der Waals surface area contributed by atoms with Crippen LogP contribution in [0.1, 0.15) is 27.6 Å². The number of hydrogen-bond donors (Lipinski definition) is 1. The molecule has 0 radical (unpaired) electrons. The van der Waals surface area contributed by atoms with Gasteiger partial charge in [-0.05, 0) is 48.5 Å². The van der Waals surface area contributed by atoms with Crippen molar-refractivity contribution in [1.29, 1.82) is 0 Å². The zero-order valence-corrected chi connectivity index (χ0v) is 21.3. The highest BCUT2D eigenvalue weighted by atomic mass is 16.7. The monoisotopic (exact) mass is 536 g/mol. The van der Waals surface area contributed by atoms with E-state index in [9.17, 15) is 19.5 Å². The number of esters is 3. The number of methoxy groups -OCH3 is 1.